The summed E-state index contributed by atoms with van der Waals surface area (Å²) in [7, 11) is 0. The van der Waals surface area contributed by atoms with Crippen molar-refractivity contribution < 1.29 is 0 Å². The van der Waals surface area contributed by atoms with Gasteiger partial charge in [0.15, 0.2) is 0 Å². The fraction of sp³-hybridized carbons (Fsp3) is 0.538. The summed E-state index contributed by atoms with van der Waals surface area (Å²) in [6.07, 6.45) is 2.66. The van der Waals surface area contributed by atoms with Crippen LogP contribution in [0.3, 0.4) is 0 Å². The average molecular weight is 268 g/mol. The number of hydrogen-bond donors (Lipinski definition) is 0. The molecule has 2 rings (SSSR count). The van der Waals surface area contributed by atoms with Crippen LogP contribution >= 0.6 is 15.9 Å². The summed E-state index contributed by atoms with van der Waals surface area (Å²) in [5.74, 6) is 0. The van der Waals surface area contributed by atoms with E-state index in [0.717, 1.165) is 0 Å². The molecule has 1 aliphatic heterocycles. The van der Waals surface area contributed by atoms with Crippen molar-refractivity contribution in [1.29, 1.82) is 0 Å². The third kappa shape index (κ3) is 2.05. The summed E-state index contributed by atoms with van der Waals surface area (Å²) in [5.41, 5.74) is 4.22. The fourth-order valence-electron chi connectivity index (χ4n) is 2.62. The van der Waals surface area contributed by atoms with Crippen LogP contribution in [-0.2, 0) is 0 Å². The lowest BCUT2D eigenvalue weighted by atomic mass is 10.1. The molecule has 1 fully saturated rings. The van der Waals surface area contributed by atoms with Crippen molar-refractivity contribution in [2.45, 2.75) is 39.7 Å². The highest BCUT2D eigenvalue weighted by atomic mass is 79.9. The van der Waals surface area contributed by atoms with Crippen LogP contribution in [0.4, 0.5) is 5.69 Å². The minimum Gasteiger partial charge on any atom is -0.368 e. The lowest BCUT2D eigenvalue weighted by molar-refractivity contribution is 0.732. The quantitative estimate of drug-likeness (QED) is 0.742. The standard InChI is InChI=1S/C13H18BrN/c1-9-7-12(14)8-10(2)13(9)15-6-4-5-11(15)3/h7-8,11H,4-6H2,1-3H3. The highest BCUT2D eigenvalue weighted by Crippen LogP contribution is 2.33. The summed E-state index contributed by atoms with van der Waals surface area (Å²) < 4.78 is 1.19. The maximum Gasteiger partial charge on any atom is 0.0428 e. The van der Waals surface area contributed by atoms with E-state index in [-0.39, 0.29) is 0 Å². The second-order valence-electron chi connectivity index (χ2n) is 4.57. The first-order valence-corrected chi connectivity index (χ1v) is 6.42. The Morgan fingerprint density at radius 3 is 2.33 bits per heavy atom. The van der Waals surface area contributed by atoms with Gasteiger partial charge < -0.3 is 4.90 Å². The lowest BCUT2D eigenvalue weighted by Crippen LogP contribution is -2.27. The van der Waals surface area contributed by atoms with Gasteiger partial charge in [-0.05, 0) is 56.9 Å². The molecule has 0 amide bonds. The van der Waals surface area contributed by atoms with Crippen molar-refractivity contribution in [2.75, 3.05) is 11.4 Å². The largest absolute Gasteiger partial charge is 0.368 e. The van der Waals surface area contributed by atoms with Crippen LogP contribution in [-0.4, -0.2) is 12.6 Å². The number of rotatable bonds is 1. The highest BCUT2D eigenvalue weighted by Gasteiger charge is 2.23. The van der Waals surface area contributed by atoms with E-state index < -0.39 is 0 Å². The van der Waals surface area contributed by atoms with Crippen molar-refractivity contribution in [3.63, 3.8) is 0 Å². The zero-order chi connectivity index (χ0) is 11.0. The Morgan fingerprint density at radius 1 is 1.27 bits per heavy atom. The molecular formula is C13H18BrN. The highest BCUT2D eigenvalue weighted by molar-refractivity contribution is 9.10. The molecule has 1 nitrogen and oxygen atoms in total. The maximum absolute atomic E-state index is 3.55. The Labute approximate surface area is 101 Å². The Bertz CT molecular complexity index is 350. The minimum absolute atomic E-state index is 0.698. The molecule has 1 aromatic carbocycles. The van der Waals surface area contributed by atoms with E-state index in [0.29, 0.717) is 6.04 Å². The summed E-state index contributed by atoms with van der Waals surface area (Å²) in [6, 6.07) is 5.13. The molecule has 1 atom stereocenters. The van der Waals surface area contributed by atoms with Crippen LogP contribution in [0.15, 0.2) is 16.6 Å². The van der Waals surface area contributed by atoms with Crippen LogP contribution in [0.5, 0.6) is 0 Å². The van der Waals surface area contributed by atoms with Gasteiger partial charge in [-0.1, -0.05) is 15.9 Å². The zero-order valence-corrected chi connectivity index (χ0v) is 11.3. The number of nitrogens with zero attached hydrogens (tertiary/aromatic N) is 1. The molecule has 0 aromatic heterocycles. The van der Waals surface area contributed by atoms with E-state index >= 15 is 0 Å². The third-order valence-electron chi connectivity index (χ3n) is 3.30. The Hall–Kier alpha value is -0.500. The first-order valence-electron chi connectivity index (χ1n) is 5.63. The molecule has 0 spiro atoms. The molecule has 0 saturated carbocycles. The summed E-state index contributed by atoms with van der Waals surface area (Å²) in [4.78, 5) is 2.55. The van der Waals surface area contributed by atoms with Crippen molar-refractivity contribution in [3.05, 3.63) is 27.7 Å². The van der Waals surface area contributed by atoms with Crippen molar-refractivity contribution in [3.8, 4) is 0 Å². The second-order valence-corrected chi connectivity index (χ2v) is 5.49. The SMILES string of the molecule is Cc1cc(Br)cc(C)c1N1CCCC1C. The molecule has 0 bridgehead atoms. The van der Waals surface area contributed by atoms with E-state index in [9.17, 15) is 0 Å². The van der Waals surface area contributed by atoms with Crippen LogP contribution in [0, 0.1) is 13.8 Å². The average Bonchev–Trinajstić information content (AvgIpc) is 2.50. The molecule has 1 unspecified atom stereocenters. The predicted molar refractivity (Wildman–Crippen MR) is 69.7 cm³/mol. The second kappa shape index (κ2) is 4.17. The molecule has 1 aliphatic rings. The van der Waals surface area contributed by atoms with Crippen LogP contribution in [0.2, 0.25) is 0 Å². The molecule has 0 aliphatic carbocycles. The van der Waals surface area contributed by atoms with Crippen LogP contribution in [0.25, 0.3) is 0 Å². The van der Waals surface area contributed by atoms with Crippen LogP contribution in [0.1, 0.15) is 30.9 Å². The summed E-state index contributed by atoms with van der Waals surface area (Å²) >= 11 is 3.55. The number of halogens is 1. The zero-order valence-electron chi connectivity index (χ0n) is 9.68. The molecule has 1 saturated heterocycles. The van der Waals surface area contributed by atoms with Gasteiger partial charge in [0.05, 0.1) is 0 Å². The third-order valence-corrected chi connectivity index (χ3v) is 3.75. The molecule has 15 heavy (non-hydrogen) atoms. The topological polar surface area (TPSA) is 3.24 Å². The predicted octanol–water partition coefficient (Wildman–Crippen LogP) is 4.05. The van der Waals surface area contributed by atoms with Gasteiger partial charge in [-0.25, -0.2) is 0 Å². The van der Waals surface area contributed by atoms with E-state index in [2.05, 4.69) is 53.7 Å². The van der Waals surface area contributed by atoms with Gasteiger partial charge in [0.2, 0.25) is 0 Å². The number of hydrogen-bond acceptors (Lipinski definition) is 1. The number of benzene rings is 1. The Morgan fingerprint density at radius 2 is 1.87 bits per heavy atom. The molecule has 2 heteroatoms. The monoisotopic (exact) mass is 267 g/mol. The molecule has 0 N–H and O–H groups in total. The van der Waals surface area contributed by atoms with Gasteiger partial charge >= 0.3 is 0 Å². The van der Waals surface area contributed by atoms with E-state index in [1.807, 2.05) is 0 Å². The van der Waals surface area contributed by atoms with Gasteiger partial charge in [0, 0.05) is 22.7 Å². The summed E-state index contributed by atoms with van der Waals surface area (Å²) in [6.45, 7) is 7.95. The number of anilines is 1. The number of aryl methyl sites for hydroxylation is 2. The fourth-order valence-corrected chi connectivity index (χ4v) is 3.31. The summed E-state index contributed by atoms with van der Waals surface area (Å²) in [5, 5.41) is 0. The van der Waals surface area contributed by atoms with E-state index in [4.69, 9.17) is 0 Å². The van der Waals surface area contributed by atoms with Crippen molar-refractivity contribution in [2.24, 2.45) is 0 Å². The van der Waals surface area contributed by atoms with E-state index in [1.54, 1.807) is 0 Å². The van der Waals surface area contributed by atoms with Gasteiger partial charge in [-0.3, -0.25) is 0 Å². The Balaban J connectivity index is 2.43. The van der Waals surface area contributed by atoms with Crippen molar-refractivity contribution >= 4 is 21.6 Å². The first-order chi connectivity index (χ1) is 7.09. The van der Waals surface area contributed by atoms with E-state index in [1.165, 1.54) is 40.7 Å². The Kier molecular flexibility index (Phi) is 3.06. The normalized spacial score (nSPS) is 21.1. The molecule has 1 aromatic rings. The van der Waals surface area contributed by atoms with Gasteiger partial charge in [-0.15, -0.1) is 0 Å². The molecule has 1 heterocycles. The molecule has 82 valence electrons. The van der Waals surface area contributed by atoms with Gasteiger partial charge in [0.25, 0.3) is 0 Å². The van der Waals surface area contributed by atoms with Crippen LogP contribution < -0.4 is 4.90 Å². The molecule has 0 radical (unpaired) electrons. The molecular weight excluding hydrogens is 250 g/mol. The smallest absolute Gasteiger partial charge is 0.0428 e. The lowest BCUT2D eigenvalue weighted by Gasteiger charge is -2.27. The first kappa shape index (κ1) is 11.0. The maximum atomic E-state index is 3.55. The van der Waals surface area contributed by atoms with Gasteiger partial charge in [-0.2, -0.15) is 0 Å². The minimum atomic E-state index is 0.698. The van der Waals surface area contributed by atoms with Crippen molar-refractivity contribution in [1.82, 2.24) is 0 Å². The van der Waals surface area contributed by atoms with Gasteiger partial charge in [0.1, 0.15) is 0 Å².